The predicted octanol–water partition coefficient (Wildman–Crippen LogP) is 5.66. The fraction of sp³-hybridized carbons (Fsp3) is 0. The van der Waals surface area contributed by atoms with E-state index in [1.807, 2.05) is 0 Å². The summed E-state index contributed by atoms with van der Waals surface area (Å²) in [4.78, 5) is 49.7. The van der Waals surface area contributed by atoms with E-state index in [-0.39, 0.29) is 11.3 Å². The van der Waals surface area contributed by atoms with Crippen molar-refractivity contribution in [3.63, 3.8) is 0 Å². The third kappa shape index (κ3) is 7.85. The number of ether oxygens (including phenoxy) is 1. The molecule has 0 aromatic heterocycles. The Bertz CT molecular complexity index is 1590. The lowest BCUT2D eigenvalue weighted by molar-refractivity contribution is -0.136. The Morgan fingerprint density at radius 2 is 1.52 bits per heavy atom. The average molecular weight is 620 g/mol. The zero-order valence-corrected chi connectivity index (χ0v) is 22.9. The first kappa shape index (κ1) is 28.2. The molecule has 3 N–H and O–H groups in total. The van der Waals surface area contributed by atoms with Gasteiger partial charge in [-0.15, -0.1) is 0 Å². The summed E-state index contributed by atoms with van der Waals surface area (Å²) < 4.78 is 6.17. The Morgan fingerprint density at radius 1 is 0.800 bits per heavy atom. The van der Waals surface area contributed by atoms with E-state index in [9.17, 15) is 19.2 Å². The summed E-state index contributed by atoms with van der Waals surface area (Å²) in [6.45, 7) is 0. The van der Waals surface area contributed by atoms with E-state index < -0.39 is 23.7 Å². The Kier molecular flexibility index (Phi) is 9.39. The first-order valence-electron chi connectivity index (χ1n) is 11.7. The number of carbonyl (C=O) groups excluding carboxylic acids is 4. The fourth-order valence-corrected chi connectivity index (χ4v) is 3.78. The number of hydrazone groups is 1. The van der Waals surface area contributed by atoms with Crippen molar-refractivity contribution in [1.82, 2.24) is 5.43 Å². The summed E-state index contributed by atoms with van der Waals surface area (Å²) in [5.41, 5.74) is 3.91. The zero-order chi connectivity index (χ0) is 28.5. The number of nitrogens with zero attached hydrogens (tertiary/aromatic N) is 1. The standard InChI is InChI=1S/C29H20BrClN4O5/c30-20-10-12-22(13-11-20)33-26(36)24-6-1-2-7-25(24)34-27(37)28(38)35-32-17-18-8-14-23(15-9-18)40-29(39)19-4-3-5-21(31)16-19/h1-17H,(H,33,36)(H,34,37)(H,35,38)/b32-17-. The summed E-state index contributed by atoms with van der Waals surface area (Å²) in [5, 5.41) is 9.37. The molecular formula is C29H20BrClN4O5. The number of hydrogen-bond acceptors (Lipinski definition) is 6. The minimum atomic E-state index is -1.04. The van der Waals surface area contributed by atoms with Crippen molar-refractivity contribution in [3.8, 4) is 5.75 Å². The van der Waals surface area contributed by atoms with E-state index in [0.717, 1.165) is 4.47 Å². The van der Waals surface area contributed by atoms with E-state index >= 15 is 0 Å². The average Bonchev–Trinajstić information content (AvgIpc) is 2.95. The van der Waals surface area contributed by atoms with Crippen LogP contribution in [0.15, 0.2) is 107 Å². The molecule has 40 heavy (non-hydrogen) atoms. The third-order valence-electron chi connectivity index (χ3n) is 5.26. The van der Waals surface area contributed by atoms with Crippen LogP contribution in [0, 0.1) is 0 Å². The topological polar surface area (TPSA) is 126 Å². The van der Waals surface area contributed by atoms with Gasteiger partial charge >= 0.3 is 17.8 Å². The van der Waals surface area contributed by atoms with Crippen LogP contribution < -0.4 is 20.8 Å². The number of esters is 1. The molecule has 0 radical (unpaired) electrons. The molecule has 0 fully saturated rings. The molecule has 4 aromatic rings. The van der Waals surface area contributed by atoms with Crippen LogP contribution in [-0.2, 0) is 9.59 Å². The van der Waals surface area contributed by atoms with Crippen LogP contribution in [-0.4, -0.2) is 29.9 Å². The molecule has 4 rings (SSSR count). The lowest BCUT2D eigenvalue weighted by Gasteiger charge is -2.11. The Morgan fingerprint density at radius 3 is 2.25 bits per heavy atom. The predicted molar refractivity (Wildman–Crippen MR) is 156 cm³/mol. The van der Waals surface area contributed by atoms with Crippen LogP contribution >= 0.6 is 27.5 Å². The molecule has 0 saturated carbocycles. The molecule has 4 aromatic carbocycles. The maximum Gasteiger partial charge on any atom is 0.343 e. The smallest absolute Gasteiger partial charge is 0.343 e. The molecule has 0 aliphatic rings. The van der Waals surface area contributed by atoms with Crippen LogP contribution in [0.2, 0.25) is 5.02 Å². The van der Waals surface area contributed by atoms with Gasteiger partial charge in [0.05, 0.1) is 23.0 Å². The lowest BCUT2D eigenvalue weighted by Crippen LogP contribution is -2.33. The van der Waals surface area contributed by atoms with E-state index in [0.29, 0.717) is 27.6 Å². The molecule has 0 bridgehead atoms. The quantitative estimate of drug-likeness (QED) is 0.0809. The minimum Gasteiger partial charge on any atom is -0.423 e. The normalized spacial score (nSPS) is 10.6. The summed E-state index contributed by atoms with van der Waals surface area (Å²) >= 11 is 9.23. The molecule has 0 atom stereocenters. The highest BCUT2D eigenvalue weighted by atomic mass is 79.9. The first-order valence-corrected chi connectivity index (χ1v) is 12.8. The van der Waals surface area contributed by atoms with Gasteiger partial charge in [-0.2, -0.15) is 5.10 Å². The molecule has 0 aliphatic carbocycles. The maximum absolute atomic E-state index is 12.7. The van der Waals surface area contributed by atoms with Crippen molar-refractivity contribution >= 4 is 68.8 Å². The van der Waals surface area contributed by atoms with Crippen LogP contribution in [0.25, 0.3) is 0 Å². The number of anilines is 2. The molecule has 0 saturated heterocycles. The second kappa shape index (κ2) is 13.3. The molecule has 9 nitrogen and oxygen atoms in total. The van der Waals surface area contributed by atoms with Gasteiger partial charge < -0.3 is 15.4 Å². The Balaban J connectivity index is 1.30. The van der Waals surface area contributed by atoms with Crippen LogP contribution in [0.4, 0.5) is 11.4 Å². The van der Waals surface area contributed by atoms with Gasteiger partial charge in [-0.25, -0.2) is 10.2 Å². The highest BCUT2D eigenvalue weighted by Gasteiger charge is 2.18. The van der Waals surface area contributed by atoms with Crippen molar-refractivity contribution in [1.29, 1.82) is 0 Å². The van der Waals surface area contributed by atoms with Gasteiger partial charge in [-0.3, -0.25) is 14.4 Å². The minimum absolute atomic E-state index is 0.157. The van der Waals surface area contributed by atoms with E-state index in [1.165, 1.54) is 24.4 Å². The van der Waals surface area contributed by atoms with Crippen molar-refractivity contribution in [2.45, 2.75) is 0 Å². The van der Waals surface area contributed by atoms with E-state index in [1.54, 1.807) is 78.9 Å². The van der Waals surface area contributed by atoms with Gasteiger partial charge in [0.2, 0.25) is 0 Å². The zero-order valence-electron chi connectivity index (χ0n) is 20.6. The molecule has 0 spiro atoms. The van der Waals surface area contributed by atoms with Crippen LogP contribution in [0.3, 0.4) is 0 Å². The number of halogens is 2. The number of amides is 3. The number of rotatable bonds is 7. The maximum atomic E-state index is 12.7. The Hall–Kier alpha value is -4.80. The van der Waals surface area contributed by atoms with Gasteiger partial charge in [0.25, 0.3) is 5.91 Å². The van der Waals surface area contributed by atoms with Crippen molar-refractivity contribution in [2.24, 2.45) is 5.10 Å². The first-order chi connectivity index (χ1) is 19.3. The van der Waals surface area contributed by atoms with Gasteiger partial charge in [0.1, 0.15) is 5.75 Å². The Labute approximate surface area is 242 Å². The number of carbonyl (C=O) groups is 4. The highest BCUT2D eigenvalue weighted by Crippen LogP contribution is 2.19. The molecule has 11 heteroatoms. The summed E-state index contributed by atoms with van der Waals surface area (Å²) in [6, 6.07) is 26.0. The highest BCUT2D eigenvalue weighted by molar-refractivity contribution is 9.10. The van der Waals surface area contributed by atoms with E-state index in [2.05, 4.69) is 37.1 Å². The van der Waals surface area contributed by atoms with Gasteiger partial charge in [-0.05, 0) is 84.4 Å². The molecule has 3 amide bonds. The van der Waals surface area contributed by atoms with Crippen molar-refractivity contribution in [2.75, 3.05) is 10.6 Å². The van der Waals surface area contributed by atoms with Crippen LogP contribution in [0.5, 0.6) is 5.75 Å². The number of benzene rings is 4. The third-order valence-corrected chi connectivity index (χ3v) is 6.02. The van der Waals surface area contributed by atoms with Crippen LogP contribution in [0.1, 0.15) is 26.3 Å². The summed E-state index contributed by atoms with van der Waals surface area (Å²) in [7, 11) is 0. The molecular weight excluding hydrogens is 600 g/mol. The number of nitrogens with one attached hydrogen (secondary N) is 3. The number of hydrogen-bond donors (Lipinski definition) is 3. The molecule has 0 aliphatic heterocycles. The summed E-state index contributed by atoms with van der Waals surface area (Å²) in [6.07, 6.45) is 1.31. The molecule has 0 heterocycles. The largest absolute Gasteiger partial charge is 0.423 e. The van der Waals surface area contributed by atoms with Gasteiger partial charge in [0.15, 0.2) is 0 Å². The second-order valence-electron chi connectivity index (χ2n) is 8.13. The van der Waals surface area contributed by atoms with Crippen molar-refractivity contribution in [3.05, 3.63) is 123 Å². The molecule has 0 unspecified atom stereocenters. The monoisotopic (exact) mass is 618 g/mol. The summed E-state index contributed by atoms with van der Waals surface area (Å²) in [5.74, 6) is -2.77. The molecule has 200 valence electrons. The van der Waals surface area contributed by atoms with Gasteiger partial charge in [0, 0.05) is 15.2 Å². The van der Waals surface area contributed by atoms with E-state index in [4.69, 9.17) is 16.3 Å². The fourth-order valence-electron chi connectivity index (χ4n) is 3.32. The van der Waals surface area contributed by atoms with Gasteiger partial charge in [-0.1, -0.05) is 45.7 Å². The lowest BCUT2D eigenvalue weighted by atomic mass is 10.1. The second-order valence-corrected chi connectivity index (χ2v) is 9.48. The SMILES string of the molecule is O=C(N/N=C\c1ccc(OC(=O)c2cccc(Cl)c2)cc1)C(=O)Nc1ccccc1C(=O)Nc1ccc(Br)cc1. The van der Waals surface area contributed by atoms with Crippen molar-refractivity contribution < 1.29 is 23.9 Å². The number of para-hydroxylation sites is 1.